The van der Waals surface area contributed by atoms with Crippen LogP contribution in [0.25, 0.3) is 93.8 Å². The van der Waals surface area contributed by atoms with Crippen LogP contribution in [0.4, 0.5) is 0 Å². The molecule has 0 bridgehead atoms. The molecule has 1 N–H and O–H groups in total. The second-order valence-corrected chi connectivity index (χ2v) is 17.4. The molecule has 0 aliphatic carbocycles. The molecule has 10 aromatic carbocycles. The van der Waals surface area contributed by atoms with Gasteiger partial charge >= 0.3 is 0 Å². The molecule has 1 aliphatic heterocycles. The molecule has 13 rings (SSSR count). The average Bonchev–Trinajstić information content (AvgIpc) is 3.92. The highest BCUT2D eigenvalue weighted by atomic mass is 15.3. The third-order valence-electron chi connectivity index (χ3n) is 13.4. The largest absolute Gasteiger partial charge is 0.331 e. The SMILES string of the molecule is c1ccc(-c2cccc(C3=NC(n4c5ccccc5c5cc6c(cc54)c4ccccc4n6-c4cc(-c5ccccc5)ccc4-c4ccccc4)NC(c4cccc(-c5ccccc5)c4)=N3)c2)cc1. The smallest absolute Gasteiger partial charge is 0.204 e. The normalized spacial score (nSPS) is 13.7. The Morgan fingerprint density at radius 3 is 1.44 bits per heavy atom. The van der Waals surface area contributed by atoms with E-state index in [0.717, 1.165) is 77.7 Å². The second-order valence-electron chi connectivity index (χ2n) is 17.4. The van der Waals surface area contributed by atoms with E-state index < -0.39 is 6.29 Å². The summed E-state index contributed by atoms with van der Waals surface area (Å²) >= 11 is 0. The van der Waals surface area contributed by atoms with Gasteiger partial charge in [0.25, 0.3) is 0 Å². The molecule has 320 valence electrons. The Hall–Kier alpha value is -9.06. The van der Waals surface area contributed by atoms with E-state index >= 15 is 0 Å². The quantitative estimate of drug-likeness (QED) is 0.162. The minimum atomic E-state index is -0.529. The van der Waals surface area contributed by atoms with Crippen molar-refractivity contribution in [1.82, 2.24) is 14.5 Å². The zero-order valence-electron chi connectivity index (χ0n) is 37.0. The van der Waals surface area contributed by atoms with Gasteiger partial charge in [-0.15, -0.1) is 0 Å². The molecule has 0 saturated carbocycles. The van der Waals surface area contributed by atoms with Gasteiger partial charge in [-0.1, -0.05) is 206 Å². The van der Waals surface area contributed by atoms with Crippen LogP contribution in [0, 0.1) is 0 Å². The van der Waals surface area contributed by atoms with Crippen LogP contribution in [0.2, 0.25) is 0 Å². The summed E-state index contributed by atoms with van der Waals surface area (Å²) in [6.45, 7) is 0. The van der Waals surface area contributed by atoms with Gasteiger partial charge in [-0.25, -0.2) is 9.98 Å². The molecule has 1 aliphatic rings. The van der Waals surface area contributed by atoms with Gasteiger partial charge in [0.1, 0.15) is 5.84 Å². The summed E-state index contributed by atoms with van der Waals surface area (Å²) in [4.78, 5) is 10.9. The van der Waals surface area contributed by atoms with Gasteiger partial charge in [0.05, 0.1) is 27.8 Å². The molecule has 2 aromatic heterocycles. The molecule has 0 fully saturated rings. The van der Waals surface area contributed by atoms with E-state index in [1.54, 1.807) is 0 Å². The third kappa shape index (κ3) is 6.79. The summed E-state index contributed by atoms with van der Waals surface area (Å²) in [7, 11) is 0. The summed E-state index contributed by atoms with van der Waals surface area (Å²) in [5.41, 5.74) is 16.8. The van der Waals surface area contributed by atoms with Gasteiger partial charge in [-0.05, 0) is 81.4 Å². The molecule has 0 spiro atoms. The Morgan fingerprint density at radius 2 is 0.794 bits per heavy atom. The van der Waals surface area contributed by atoms with Gasteiger partial charge in [-0.3, -0.25) is 0 Å². The van der Waals surface area contributed by atoms with Crippen molar-refractivity contribution in [3.63, 3.8) is 0 Å². The van der Waals surface area contributed by atoms with Crippen LogP contribution in [-0.4, -0.2) is 20.8 Å². The third-order valence-corrected chi connectivity index (χ3v) is 13.4. The highest BCUT2D eigenvalue weighted by Crippen LogP contribution is 2.42. The van der Waals surface area contributed by atoms with Crippen molar-refractivity contribution in [3.8, 4) is 50.2 Å². The first kappa shape index (κ1) is 39.3. The number of amidine groups is 2. The Balaban J connectivity index is 1.04. The fraction of sp³-hybridized carbons (Fsp3) is 0.0159. The minimum absolute atomic E-state index is 0.529. The lowest BCUT2D eigenvalue weighted by Crippen LogP contribution is -2.36. The molecule has 68 heavy (non-hydrogen) atoms. The summed E-state index contributed by atoms with van der Waals surface area (Å²) in [6.07, 6.45) is -0.529. The number of aromatic nitrogens is 2. The number of para-hydroxylation sites is 2. The van der Waals surface area contributed by atoms with Crippen LogP contribution in [0.5, 0.6) is 0 Å². The molecule has 0 amide bonds. The Morgan fingerprint density at radius 1 is 0.324 bits per heavy atom. The maximum atomic E-state index is 5.54. The predicted molar refractivity (Wildman–Crippen MR) is 284 cm³/mol. The van der Waals surface area contributed by atoms with Crippen molar-refractivity contribution in [2.45, 2.75) is 6.29 Å². The zero-order chi connectivity index (χ0) is 45.0. The number of fused-ring (bicyclic) bond motifs is 6. The van der Waals surface area contributed by atoms with Crippen LogP contribution >= 0.6 is 0 Å². The van der Waals surface area contributed by atoms with Crippen molar-refractivity contribution in [1.29, 1.82) is 0 Å². The number of nitrogens with one attached hydrogen (secondary N) is 1. The predicted octanol–water partition coefficient (Wildman–Crippen LogP) is 15.5. The number of nitrogens with zero attached hydrogens (tertiary/aromatic N) is 4. The van der Waals surface area contributed by atoms with Crippen LogP contribution in [-0.2, 0) is 0 Å². The van der Waals surface area contributed by atoms with E-state index in [9.17, 15) is 0 Å². The van der Waals surface area contributed by atoms with E-state index in [1.165, 1.54) is 33.0 Å². The summed E-state index contributed by atoms with van der Waals surface area (Å²) in [5, 5.41) is 8.52. The standard InChI is InChI=1S/C63H43N5/c1-5-19-42(20-6-1)46-27-17-29-49(37-46)61-64-62(50-30-18-28-47(38-50)43-21-7-2-8-22-43)66-63(65-61)68-57-34-16-14-32-53(57)55-40-59-54(41-60(55)68)52-31-13-15-33-56(52)67(59)58-39-48(44-23-9-3-10-24-44)35-36-51(58)45-25-11-4-12-26-45/h1-41,63H,(H,64,65,66). The number of hydrogen-bond acceptors (Lipinski definition) is 3. The van der Waals surface area contributed by atoms with E-state index in [-0.39, 0.29) is 0 Å². The number of hydrogen-bond donors (Lipinski definition) is 1. The zero-order valence-corrected chi connectivity index (χ0v) is 37.0. The fourth-order valence-corrected chi connectivity index (χ4v) is 10.2. The van der Waals surface area contributed by atoms with Gasteiger partial charge in [0.2, 0.25) is 6.29 Å². The van der Waals surface area contributed by atoms with Gasteiger partial charge in [0.15, 0.2) is 5.84 Å². The molecular formula is C63H43N5. The molecule has 5 nitrogen and oxygen atoms in total. The minimum Gasteiger partial charge on any atom is -0.331 e. The first-order valence-electron chi connectivity index (χ1n) is 23.2. The summed E-state index contributed by atoms with van der Waals surface area (Å²) in [6, 6.07) is 88.9. The average molecular weight is 870 g/mol. The second kappa shape index (κ2) is 16.4. The molecular weight excluding hydrogens is 827 g/mol. The number of rotatable bonds is 8. The van der Waals surface area contributed by atoms with Crippen molar-refractivity contribution in [2.24, 2.45) is 9.98 Å². The van der Waals surface area contributed by atoms with Crippen LogP contribution in [0.15, 0.2) is 259 Å². The van der Waals surface area contributed by atoms with E-state index in [2.05, 4.69) is 263 Å². The van der Waals surface area contributed by atoms with Gasteiger partial charge in [0, 0.05) is 38.2 Å². The first-order valence-corrected chi connectivity index (χ1v) is 23.2. The van der Waals surface area contributed by atoms with Crippen LogP contribution < -0.4 is 5.32 Å². The van der Waals surface area contributed by atoms with Crippen LogP contribution in [0.1, 0.15) is 17.4 Å². The molecule has 12 aromatic rings. The van der Waals surface area contributed by atoms with Gasteiger partial charge < -0.3 is 14.5 Å². The lowest BCUT2D eigenvalue weighted by molar-refractivity contribution is 0.516. The topological polar surface area (TPSA) is 46.6 Å². The lowest BCUT2D eigenvalue weighted by Gasteiger charge is -2.26. The number of aliphatic imine (C=N–C) groups is 2. The van der Waals surface area contributed by atoms with E-state index in [4.69, 9.17) is 9.98 Å². The monoisotopic (exact) mass is 869 g/mol. The van der Waals surface area contributed by atoms with Crippen LogP contribution in [0.3, 0.4) is 0 Å². The fourth-order valence-electron chi connectivity index (χ4n) is 10.2. The molecule has 0 radical (unpaired) electrons. The van der Waals surface area contributed by atoms with E-state index in [1.807, 2.05) is 0 Å². The highest BCUT2D eigenvalue weighted by molar-refractivity contribution is 6.19. The van der Waals surface area contributed by atoms with Crippen molar-refractivity contribution in [2.75, 3.05) is 0 Å². The molecule has 1 atom stereocenters. The van der Waals surface area contributed by atoms with Crippen molar-refractivity contribution < 1.29 is 0 Å². The maximum absolute atomic E-state index is 5.54. The Kier molecular flexibility index (Phi) is 9.50. The molecule has 1 unspecified atom stereocenters. The first-order chi connectivity index (χ1) is 33.7. The molecule has 3 heterocycles. The molecule has 5 heteroatoms. The Bertz CT molecular complexity index is 3920. The van der Waals surface area contributed by atoms with E-state index in [0.29, 0.717) is 5.84 Å². The maximum Gasteiger partial charge on any atom is 0.204 e. The lowest BCUT2D eigenvalue weighted by atomic mass is 9.98. The number of benzene rings is 10. The van der Waals surface area contributed by atoms with Crippen molar-refractivity contribution >= 4 is 55.3 Å². The summed E-state index contributed by atoms with van der Waals surface area (Å²) < 4.78 is 4.85. The highest BCUT2D eigenvalue weighted by Gasteiger charge is 2.27. The molecule has 0 saturated heterocycles. The van der Waals surface area contributed by atoms with Crippen molar-refractivity contribution in [3.05, 3.63) is 260 Å². The summed E-state index contributed by atoms with van der Waals surface area (Å²) in [5.74, 6) is 1.43. The van der Waals surface area contributed by atoms with Gasteiger partial charge in [-0.2, -0.15) is 0 Å². The Labute approximate surface area is 394 Å².